The van der Waals surface area contributed by atoms with E-state index in [0.29, 0.717) is 30.5 Å². The van der Waals surface area contributed by atoms with E-state index in [9.17, 15) is 23.1 Å². The minimum Gasteiger partial charge on any atom is -0.477 e. The van der Waals surface area contributed by atoms with Crippen LogP contribution in [0, 0.1) is 6.92 Å². The van der Waals surface area contributed by atoms with E-state index in [4.69, 9.17) is 0 Å². The molecule has 27 heavy (non-hydrogen) atoms. The summed E-state index contributed by atoms with van der Waals surface area (Å²) in [6.07, 6.45) is 2.51. The summed E-state index contributed by atoms with van der Waals surface area (Å²) >= 11 is 0. The third-order valence-electron chi connectivity index (χ3n) is 4.98. The van der Waals surface area contributed by atoms with Crippen molar-refractivity contribution in [2.75, 3.05) is 0 Å². The number of aromatic nitrogens is 1. The van der Waals surface area contributed by atoms with Gasteiger partial charge in [-0.15, -0.1) is 0 Å². The van der Waals surface area contributed by atoms with Gasteiger partial charge in [0.1, 0.15) is 5.56 Å². The summed E-state index contributed by atoms with van der Waals surface area (Å²) in [4.78, 5) is 24.3. The Balaban J connectivity index is 2.04. The summed E-state index contributed by atoms with van der Waals surface area (Å²) in [7, 11) is -3.74. The molecule has 0 saturated heterocycles. The van der Waals surface area contributed by atoms with Crippen LogP contribution in [0.25, 0.3) is 10.9 Å². The van der Waals surface area contributed by atoms with Crippen molar-refractivity contribution in [1.29, 1.82) is 0 Å². The first kappa shape index (κ1) is 17.5. The molecule has 7 heteroatoms. The topological polar surface area (TPSA) is 93.4 Å². The Morgan fingerprint density at radius 2 is 1.81 bits per heavy atom. The molecule has 2 aromatic carbocycles. The molecule has 0 amide bonds. The van der Waals surface area contributed by atoms with E-state index in [1.165, 1.54) is 18.3 Å². The standard InChI is InChI=1S/C20H17NO5S/c1-12-4-6-13(7-5-12)27(25,26)17-9-8-15-18-14(17)3-2-10-21(18)11-16(19(15)22)20(23)24/h4-9,11H,2-3,10H2,1H3,(H,23,24). The second kappa shape index (κ2) is 6.06. The van der Waals surface area contributed by atoms with Crippen molar-refractivity contribution >= 4 is 26.7 Å². The van der Waals surface area contributed by atoms with Crippen LogP contribution in [0.5, 0.6) is 0 Å². The number of hydrogen-bond acceptors (Lipinski definition) is 4. The van der Waals surface area contributed by atoms with E-state index in [0.717, 1.165) is 5.56 Å². The zero-order valence-corrected chi connectivity index (χ0v) is 15.4. The molecular weight excluding hydrogens is 366 g/mol. The second-order valence-corrected chi connectivity index (χ2v) is 8.65. The van der Waals surface area contributed by atoms with Crippen molar-refractivity contribution in [3.8, 4) is 0 Å². The molecule has 0 unspecified atom stereocenters. The van der Waals surface area contributed by atoms with E-state index in [2.05, 4.69) is 0 Å². The van der Waals surface area contributed by atoms with Gasteiger partial charge in [0, 0.05) is 18.1 Å². The summed E-state index contributed by atoms with van der Waals surface area (Å²) in [5.74, 6) is -1.28. The first-order chi connectivity index (χ1) is 12.8. The monoisotopic (exact) mass is 383 g/mol. The van der Waals surface area contributed by atoms with Gasteiger partial charge in [-0.3, -0.25) is 4.79 Å². The van der Waals surface area contributed by atoms with Crippen LogP contribution in [-0.2, 0) is 22.8 Å². The molecule has 1 aliphatic rings. The van der Waals surface area contributed by atoms with Gasteiger partial charge in [-0.05, 0) is 49.6 Å². The largest absolute Gasteiger partial charge is 0.477 e. The Morgan fingerprint density at radius 1 is 1.11 bits per heavy atom. The Hall–Kier alpha value is -2.93. The zero-order chi connectivity index (χ0) is 19.3. The van der Waals surface area contributed by atoms with Crippen LogP contribution in [0.4, 0.5) is 0 Å². The molecule has 1 N–H and O–H groups in total. The average Bonchev–Trinajstić information content (AvgIpc) is 2.64. The number of sulfone groups is 1. The van der Waals surface area contributed by atoms with Crippen molar-refractivity contribution in [2.45, 2.75) is 36.1 Å². The quantitative estimate of drug-likeness (QED) is 0.751. The minimum absolute atomic E-state index is 0.176. The van der Waals surface area contributed by atoms with E-state index in [-0.39, 0.29) is 20.7 Å². The second-order valence-electron chi connectivity index (χ2n) is 6.73. The lowest BCUT2D eigenvalue weighted by atomic mass is 9.99. The van der Waals surface area contributed by atoms with Gasteiger partial charge < -0.3 is 9.67 Å². The van der Waals surface area contributed by atoms with Crippen LogP contribution in [0.3, 0.4) is 0 Å². The van der Waals surface area contributed by atoms with Crippen LogP contribution in [0.15, 0.2) is 57.2 Å². The normalized spacial score (nSPS) is 13.7. The molecular formula is C20H17NO5S. The van der Waals surface area contributed by atoms with Gasteiger partial charge in [0.25, 0.3) is 0 Å². The molecule has 3 aromatic rings. The van der Waals surface area contributed by atoms with E-state index >= 15 is 0 Å². The molecule has 4 rings (SSSR count). The number of aryl methyl sites for hydroxylation is 3. The van der Waals surface area contributed by atoms with Crippen LogP contribution in [0.2, 0.25) is 0 Å². The molecule has 2 heterocycles. The summed E-state index contributed by atoms with van der Waals surface area (Å²) in [5, 5.41) is 9.52. The Labute approximate surface area is 155 Å². The van der Waals surface area contributed by atoms with E-state index in [1.807, 2.05) is 6.92 Å². The third kappa shape index (κ3) is 2.66. The number of carbonyl (C=O) groups is 1. The smallest absolute Gasteiger partial charge is 0.341 e. The van der Waals surface area contributed by atoms with Crippen molar-refractivity contribution in [3.63, 3.8) is 0 Å². The number of carboxylic acids is 1. The minimum atomic E-state index is -3.74. The molecule has 0 saturated carbocycles. The number of benzene rings is 2. The van der Waals surface area contributed by atoms with Crippen LogP contribution in [-0.4, -0.2) is 24.1 Å². The SMILES string of the molecule is Cc1ccc(S(=O)(=O)c2ccc3c(=O)c(C(=O)O)cn4c3c2CCC4)cc1. The van der Waals surface area contributed by atoms with Gasteiger partial charge in [0.15, 0.2) is 0 Å². The van der Waals surface area contributed by atoms with Crippen LogP contribution < -0.4 is 5.43 Å². The van der Waals surface area contributed by atoms with Gasteiger partial charge in [0.05, 0.1) is 15.3 Å². The lowest BCUT2D eigenvalue weighted by Gasteiger charge is -2.23. The highest BCUT2D eigenvalue weighted by Crippen LogP contribution is 2.32. The Bertz CT molecular complexity index is 1250. The van der Waals surface area contributed by atoms with Crippen molar-refractivity contribution in [3.05, 3.63) is 69.5 Å². The molecule has 1 aliphatic heterocycles. The van der Waals surface area contributed by atoms with Crippen molar-refractivity contribution < 1.29 is 18.3 Å². The molecule has 0 aliphatic carbocycles. The number of pyridine rings is 1. The van der Waals surface area contributed by atoms with Crippen molar-refractivity contribution in [2.24, 2.45) is 0 Å². The number of hydrogen-bond donors (Lipinski definition) is 1. The molecule has 1 aromatic heterocycles. The number of rotatable bonds is 3. The highest BCUT2D eigenvalue weighted by atomic mass is 32.2. The predicted molar refractivity (Wildman–Crippen MR) is 100 cm³/mol. The number of nitrogens with zero attached hydrogens (tertiary/aromatic N) is 1. The molecule has 0 bridgehead atoms. The molecule has 0 fully saturated rings. The summed E-state index contributed by atoms with van der Waals surface area (Å²) < 4.78 is 28.1. The van der Waals surface area contributed by atoms with Gasteiger partial charge in [-0.25, -0.2) is 13.2 Å². The van der Waals surface area contributed by atoms with Gasteiger partial charge in [-0.1, -0.05) is 17.7 Å². The lowest BCUT2D eigenvalue weighted by Crippen LogP contribution is -2.23. The maximum atomic E-state index is 13.2. The van der Waals surface area contributed by atoms with Crippen LogP contribution >= 0.6 is 0 Å². The number of carboxylic acid groups (broad SMARTS) is 1. The van der Waals surface area contributed by atoms with Gasteiger partial charge in [-0.2, -0.15) is 0 Å². The Kier molecular flexibility index (Phi) is 3.92. The highest BCUT2D eigenvalue weighted by Gasteiger charge is 2.27. The first-order valence-electron chi connectivity index (χ1n) is 8.55. The van der Waals surface area contributed by atoms with E-state index in [1.54, 1.807) is 28.8 Å². The summed E-state index contributed by atoms with van der Waals surface area (Å²) in [5.41, 5.74) is 1.17. The third-order valence-corrected chi connectivity index (χ3v) is 6.83. The fraction of sp³-hybridized carbons (Fsp3) is 0.200. The molecule has 6 nitrogen and oxygen atoms in total. The highest BCUT2D eigenvalue weighted by molar-refractivity contribution is 7.91. The number of aromatic carboxylic acids is 1. The predicted octanol–water partition coefficient (Wildman–Crippen LogP) is 2.79. The summed E-state index contributed by atoms with van der Waals surface area (Å²) in [6, 6.07) is 9.49. The lowest BCUT2D eigenvalue weighted by molar-refractivity contribution is 0.0694. The van der Waals surface area contributed by atoms with Crippen LogP contribution in [0.1, 0.15) is 27.9 Å². The average molecular weight is 383 g/mol. The first-order valence-corrected chi connectivity index (χ1v) is 10.0. The van der Waals surface area contributed by atoms with Gasteiger partial charge in [0.2, 0.25) is 15.3 Å². The molecule has 138 valence electrons. The maximum Gasteiger partial charge on any atom is 0.341 e. The molecule has 0 atom stereocenters. The fourth-order valence-electron chi connectivity index (χ4n) is 3.65. The van der Waals surface area contributed by atoms with E-state index < -0.39 is 21.2 Å². The molecule has 0 spiro atoms. The fourth-order valence-corrected chi connectivity index (χ4v) is 5.16. The molecule has 0 radical (unpaired) electrons. The zero-order valence-electron chi connectivity index (χ0n) is 14.6. The summed E-state index contributed by atoms with van der Waals surface area (Å²) in [6.45, 7) is 2.42. The van der Waals surface area contributed by atoms with Gasteiger partial charge >= 0.3 is 5.97 Å². The van der Waals surface area contributed by atoms with Crippen molar-refractivity contribution in [1.82, 2.24) is 4.57 Å². The maximum absolute atomic E-state index is 13.2. The Morgan fingerprint density at radius 3 is 2.48 bits per heavy atom.